The van der Waals surface area contributed by atoms with Crippen molar-refractivity contribution in [3.63, 3.8) is 0 Å². The van der Waals surface area contributed by atoms with Crippen LogP contribution < -0.4 is 5.43 Å². The van der Waals surface area contributed by atoms with Crippen LogP contribution in [-0.4, -0.2) is 41.9 Å². The third kappa shape index (κ3) is 4.78. The maximum absolute atomic E-state index is 11.9. The summed E-state index contributed by atoms with van der Waals surface area (Å²) < 4.78 is 1.56. The molecule has 0 saturated carbocycles. The molecule has 2 heterocycles. The predicted molar refractivity (Wildman–Crippen MR) is 96.4 cm³/mol. The highest BCUT2D eigenvalue weighted by molar-refractivity contribution is 6.40. The second-order valence-electron chi connectivity index (χ2n) is 5.03. The van der Waals surface area contributed by atoms with Crippen LogP contribution in [0, 0.1) is 0 Å². The van der Waals surface area contributed by atoms with Gasteiger partial charge in [0.2, 0.25) is 0 Å². The highest BCUT2D eigenvalue weighted by atomic mass is 35.5. The zero-order valence-corrected chi connectivity index (χ0v) is 15.3. The van der Waals surface area contributed by atoms with Crippen LogP contribution in [0.2, 0.25) is 15.3 Å². The van der Waals surface area contributed by atoms with E-state index in [1.54, 1.807) is 28.8 Å². The first-order valence-electron chi connectivity index (χ1n) is 7.21. The zero-order valence-electron chi connectivity index (χ0n) is 13.1. The Kier molecular flexibility index (Phi) is 5.82. The summed E-state index contributed by atoms with van der Waals surface area (Å²) in [6.07, 6.45) is 2.96. The van der Waals surface area contributed by atoms with Crippen LogP contribution in [0.5, 0.6) is 0 Å². The van der Waals surface area contributed by atoms with Crippen LogP contribution >= 0.6 is 34.8 Å². The number of nitrogens with zero attached hydrogens (tertiary/aromatic N) is 7. The topological polar surface area (TPSA) is 103 Å². The Morgan fingerprint density at radius 3 is 2.69 bits per heavy atom. The highest BCUT2D eigenvalue weighted by Gasteiger charge is 2.11. The van der Waals surface area contributed by atoms with E-state index in [4.69, 9.17) is 34.8 Å². The largest absolute Gasteiger partial charge is 0.312 e. The van der Waals surface area contributed by atoms with Crippen LogP contribution in [0.25, 0.3) is 0 Å². The lowest BCUT2D eigenvalue weighted by Crippen LogP contribution is -2.24. The fourth-order valence-electron chi connectivity index (χ4n) is 1.90. The number of imidazole rings is 1. The minimum atomic E-state index is -0.400. The van der Waals surface area contributed by atoms with Gasteiger partial charge < -0.3 is 4.57 Å². The number of halogens is 3. The van der Waals surface area contributed by atoms with E-state index in [0.717, 1.165) is 10.4 Å². The average Bonchev–Trinajstić information content (AvgIpc) is 3.18. The van der Waals surface area contributed by atoms with E-state index >= 15 is 0 Å². The Balaban J connectivity index is 1.52. The molecule has 12 heteroatoms. The Labute approximate surface area is 162 Å². The summed E-state index contributed by atoms with van der Waals surface area (Å²) in [7, 11) is 0. The number of amides is 1. The van der Waals surface area contributed by atoms with Crippen LogP contribution in [0.3, 0.4) is 0 Å². The number of nitrogens with one attached hydrogen (secondary N) is 1. The molecular weight excluding hydrogens is 403 g/mol. The van der Waals surface area contributed by atoms with Gasteiger partial charge >= 0.3 is 0 Å². The summed E-state index contributed by atoms with van der Waals surface area (Å²) in [5, 5.41) is 16.7. The summed E-state index contributed by atoms with van der Waals surface area (Å²) >= 11 is 17.5. The Morgan fingerprint density at radius 2 is 2.00 bits per heavy atom. The molecule has 1 N–H and O–H groups in total. The minimum Gasteiger partial charge on any atom is -0.312 e. The monoisotopic (exact) mass is 412 g/mol. The molecule has 1 amide bonds. The predicted octanol–water partition coefficient (Wildman–Crippen LogP) is 2.03. The van der Waals surface area contributed by atoms with Gasteiger partial charge in [-0.15, -0.1) is 10.2 Å². The Hall–Kier alpha value is -2.49. The molecule has 0 spiro atoms. The van der Waals surface area contributed by atoms with Gasteiger partial charge in [0.25, 0.3) is 5.91 Å². The van der Waals surface area contributed by atoms with Crippen LogP contribution in [0.15, 0.2) is 35.7 Å². The van der Waals surface area contributed by atoms with E-state index in [1.807, 2.05) is 0 Å². The molecule has 1 aromatic carbocycles. The van der Waals surface area contributed by atoms with Gasteiger partial charge in [0.15, 0.2) is 11.0 Å². The molecule has 0 aliphatic rings. The number of tetrazole rings is 1. The second-order valence-corrected chi connectivity index (χ2v) is 6.19. The lowest BCUT2D eigenvalue weighted by molar-refractivity contribution is -0.122. The molecule has 0 atom stereocenters. The third-order valence-corrected chi connectivity index (χ3v) is 4.12. The molecule has 0 saturated heterocycles. The third-order valence-electron chi connectivity index (χ3n) is 3.10. The first kappa shape index (κ1) is 18.3. The summed E-state index contributed by atoms with van der Waals surface area (Å²) in [5.74, 6) is -0.0405. The van der Waals surface area contributed by atoms with Gasteiger partial charge in [-0.1, -0.05) is 46.9 Å². The van der Waals surface area contributed by atoms with Crippen molar-refractivity contribution in [2.45, 2.75) is 13.1 Å². The quantitative estimate of drug-likeness (QED) is 0.492. The summed E-state index contributed by atoms with van der Waals surface area (Å²) in [6, 6.07) is 7.00. The second kappa shape index (κ2) is 8.26. The van der Waals surface area contributed by atoms with Gasteiger partial charge in [0.05, 0.1) is 19.1 Å². The number of hydrazone groups is 1. The molecule has 2 aromatic heterocycles. The minimum absolute atomic E-state index is 0.136. The Bertz CT molecular complexity index is 934. The SMILES string of the molecule is O=C(Cn1nnc(Cn2cnc(Cl)c2Cl)n1)N/N=C\c1ccc(Cl)cc1. The number of benzene rings is 1. The lowest BCUT2D eigenvalue weighted by atomic mass is 10.2. The molecule has 0 radical (unpaired) electrons. The van der Waals surface area contributed by atoms with E-state index in [1.165, 1.54) is 12.5 Å². The van der Waals surface area contributed by atoms with Gasteiger partial charge in [-0.05, 0) is 22.9 Å². The number of carbonyl (C=O) groups is 1. The van der Waals surface area contributed by atoms with Gasteiger partial charge in [-0.2, -0.15) is 9.90 Å². The van der Waals surface area contributed by atoms with Gasteiger partial charge in [-0.25, -0.2) is 10.4 Å². The van der Waals surface area contributed by atoms with Crippen molar-refractivity contribution in [1.82, 2.24) is 35.2 Å². The summed E-state index contributed by atoms with van der Waals surface area (Å²) in [5.41, 5.74) is 3.18. The average molecular weight is 414 g/mol. The molecule has 0 aliphatic carbocycles. The van der Waals surface area contributed by atoms with Crippen molar-refractivity contribution in [3.8, 4) is 0 Å². The molecule has 0 aliphatic heterocycles. The highest BCUT2D eigenvalue weighted by Crippen LogP contribution is 2.19. The van der Waals surface area contributed by atoms with Crippen molar-refractivity contribution >= 4 is 46.9 Å². The molecule has 26 heavy (non-hydrogen) atoms. The summed E-state index contributed by atoms with van der Waals surface area (Å²) in [4.78, 5) is 16.9. The van der Waals surface area contributed by atoms with Crippen molar-refractivity contribution < 1.29 is 4.79 Å². The van der Waals surface area contributed by atoms with Crippen LogP contribution in [0.4, 0.5) is 0 Å². The van der Waals surface area contributed by atoms with E-state index in [0.29, 0.717) is 10.8 Å². The smallest absolute Gasteiger partial charge is 0.263 e. The van der Waals surface area contributed by atoms with Crippen molar-refractivity contribution in [1.29, 1.82) is 0 Å². The Morgan fingerprint density at radius 1 is 1.23 bits per heavy atom. The first-order chi connectivity index (χ1) is 12.5. The number of aromatic nitrogens is 6. The molecule has 3 aromatic rings. The molecule has 9 nitrogen and oxygen atoms in total. The van der Waals surface area contributed by atoms with Crippen molar-refractivity contribution in [2.24, 2.45) is 5.10 Å². The van der Waals surface area contributed by atoms with E-state index in [9.17, 15) is 4.79 Å². The molecular formula is C14H11Cl3N8O. The fourth-order valence-corrected chi connectivity index (χ4v) is 2.33. The number of hydrogen-bond acceptors (Lipinski definition) is 6. The fraction of sp³-hybridized carbons (Fsp3) is 0.143. The lowest BCUT2D eigenvalue weighted by Gasteiger charge is -1.99. The molecule has 0 bridgehead atoms. The molecule has 0 fully saturated rings. The van der Waals surface area contributed by atoms with E-state index < -0.39 is 5.91 Å². The normalized spacial score (nSPS) is 11.2. The van der Waals surface area contributed by atoms with Crippen LogP contribution in [-0.2, 0) is 17.9 Å². The maximum atomic E-state index is 11.9. The van der Waals surface area contributed by atoms with Crippen LogP contribution in [0.1, 0.15) is 11.4 Å². The number of carbonyl (C=O) groups excluding carboxylic acids is 1. The van der Waals surface area contributed by atoms with E-state index in [-0.39, 0.29) is 23.4 Å². The zero-order chi connectivity index (χ0) is 18.5. The van der Waals surface area contributed by atoms with Gasteiger partial charge in [0.1, 0.15) is 11.7 Å². The molecule has 3 rings (SSSR count). The van der Waals surface area contributed by atoms with Crippen molar-refractivity contribution in [2.75, 3.05) is 0 Å². The molecule has 0 unspecified atom stereocenters. The standard InChI is InChI=1S/C14H11Cl3N8O/c15-10-3-1-9(2-4-10)5-19-21-12(26)7-25-22-11(20-23-25)6-24-8-18-13(16)14(24)17/h1-5,8H,6-7H2,(H,21,26)/b19-5-. The summed E-state index contributed by atoms with van der Waals surface area (Å²) in [6.45, 7) is 0.0955. The molecule has 134 valence electrons. The number of rotatable bonds is 6. The van der Waals surface area contributed by atoms with Gasteiger partial charge in [0, 0.05) is 5.02 Å². The maximum Gasteiger partial charge on any atom is 0.263 e. The first-order valence-corrected chi connectivity index (χ1v) is 8.35. The van der Waals surface area contributed by atoms with Crippen molar-refractivity contribution in [3.05, 3.63) is 57.3 Å². The van der Waals surface area contributed by atoms with E-state index in [2.05, 4.69) is 30.9 Å². The van der Waals surface area contributed by atoms with Gasteiger partial charge in [-0.3, -0.25) is 4.79 Å². The number of hydrogen-bond donors (Lipinski definition) is 1.